The normalized spacial score (nSPS) is 16.6. The minimum Gasteiger partial charge on any atom is -0.382 e. The number of nitrogen functional groups attached to an aromatic ring is 1. The molecule has 1 saturated heterocycles. The molecule has 6 heteroatoms. The van der Waals surface area contributed by atoms with Crippen molar-refractivity contribution >= 4 is 11.6 Å². The van der Waals surface area contributed by atoms with Crippen LogP contribution in [0.2, 0.25) is 0 Å². The van der Waals surface area contributed by atoms with Crippen LogP contribution in [-0.2, 0) is 0 Å². The smallest absolute Gasteiger partial charge is 0.145 e. The van der Waals surface area contributed by atoms with E-state index in [9.17, 15) is 0 Å². The van der Waals surface area contributed by atoms with Gasteiger partial charge in [-0.25, -0.2) is 9.97 Å². The van der Waals surface area contributed by atoms with Gasteiger partial charge in [0.1, 0.15) is 17.5 Å². The third kappa shape index (κ3) is 2.59. The minimum atomic E-state index is 0.438. The molecule has 0 radical (unpaired) electrons. The summed E-state index contributed by atoms with van der Waals surface area (Å²) in [5.74, 6) is 2.46. The average molecular weight is 272 g/mol. The largest absolute Gasteiger partial charge is 0.382 e. The van der Waals surface area contributed by atoms with Gasteiger partial charge in [-0.05, 0) is 32.8 Å². The van der Waals surface area contributed by atoms with Crippen molar-refractivity contribution in [3.05, 3.63) is 29.8 Å². The van der Waals surface area contributed by atoms with E-state index in [2.05, 4.69) is 26.0 Å². The van der Waals surface area contributed by atoms with Crippen molar-refractivity contribution in [2.45, 2.75) is 32.7 Å². The van der Waals surface area contributed by atoms with Gasteiger partial charge in [0.15, 0.2) is 0 Å². The van der Waals surface area contributed by atoms with Gasteiger partial charge in [-0.2, -0.15) is 5.10 Å². The Hall–Kier alpha value is -2.11. The van der Waals surface area contributed by atoms with Gasteiger partial charge >= 0.3 is 0 Å². The fourth-order valence-electron chi connectivity index (χ4n) is 2.77. The number of hydrogen-bond donors (Lipinski definition) is 1. The molecule has 0 saturated carbocycles. The Kier molecular flexibility index (Phi) is 3.30. The second-order valence-corrected chi connectivity index (χ2v) is 5.35. The highest BCUT2D eigenvalue weighted by atomic mass is 15.3. The Bertz CT molecular complexity index is 577. The number of rotatable bonds is 2. The third-order valence-electron chi connectivity index (χ3n) is 3.74. The van der Waals surface area contributed by atoms with Crippen molar-refractivity contribution < 1.29 is 0 Å². The maximum Gasteiger partial charge on any atom is 0.145 e. The second-order valence-electron chi connectivity index (χ2n) is 5.35. The zero-order valence-electron chi connectivity index (χ0n) is 12.0. The third-order valence-corrected chi connectivity index (χ3v) is 3.74. The van der Waals surface area contributed by atoms with E-state index in [1.807, 2.05) is 30.8 Å². The summed E-state index contributed by atoms with van der Waals surface area (Å²) in [6.07, 6.45) is 4.08. The van der Waals surface area contributed by atoms with Gasteiger partial charge in [-0.15, -0.1) is 0 Å². The molecular formula is C14H20N6. The quantitative estimate of drug-likeness (QED) is 0.901. The fraction of sp³-hybridized carbons (Fsp3) is 0.500. The maximum atomic E-state index is 5.68. The molecule has 1 aliphatic rings. The predicted octanol–water partition coefficient (Wildman–Crippen LogP) is 1.71. The van der Waals surface area contributed by atoms with Gasteiger partial charge in [0.2, 0.25) is 0 Å². The summed E-state index contributed by atoms with van der Waals surface area (Å²) in [5.41, 5.74) is 6.70. The van der Waals surface area contributed by atoms with Gasteiger partial charge in [0, 0.05) is 31.0 Å². The first-order chi connectivity index (χ1) is 9.61. The van der Waals surface area contributed by atoms with Gasteiger partial charge in [0.05, 0.1) is 6.04 Å². The summed E-state index contributed by atoms with van der Waals surface area (Å²) in [6, 6.07) is 4.34. The van der Waals surface area contributed by atoms with Gasteiger partial charge in [0.25, 0.3) is 0 Å². The molecule has 1 fully saturated rings. The van der Waals surface area contributed by atoms with E-state index in [0.717, 1.165) is 43.3 Å². The van der Waals surface area contributed by atoms with Crippen LogP contribution in [0.25, 0.3) is 0 Å². The highest BCUT2D eigenvalue weighted by Crippen LogP contribution is 2.25. The standard InChI is InChI=1S/C14H20N6/c1-10-9-14(17-11(2)16-10)19-6-3-12(4-7-19)20-8-5-13(15)18-20/h5,8-9,12H,3-4,6-7H2,1-2H3,(H2,15,18). The minimum absolute atomic E-state index is 0.438. The van der Waals surface area contributed by atoms with Crippen molar-refractivity contribution in [1.29, 1.82) is 0 Å². The SMILES string of the molecule is Cc1cc(N2CCC(n3ccc(N)n3)CC2)nc(C)n1. The Morgan fingerprint density at radius 3 is 2.55 bits per heavy atom. The van der Waals surface area contributed by atoms with E-state index in [0.29, 0.717) is 11.9 Å². The second kappa shape index (κ2) is 5.11. The van der Waals surface area contributed by atoms with Crippen LogP contribution in [0, 0.1) is 13.8 Å². The summed E-state index contributed by atoms with van der Waals surface area (Å²) < 4.78 is 1.99. The zero-order chi connectivity index (χ0) is 14.1. The van der Waals surface area contributed by atoms with Crippen LogP contribution in [0.15, 0.2) is 18.3 Å². The lowest BCUT2D eigenvalue weighted by Crippen LogP contribution is -2.35. The van der Waals surface area contributed by atoms with Crippen LogP contribution in [0.4, 0.5) is 11.6 Å². The van der Waals surface area contributed by atoms with E-state index in [1.54, 1.807) is 0 Å². The molecule has 0 bridgehead atoms. The van der Waals surface area contributed by atoms with Crippen LogP contribution < -0.4 is 10.6 Å². The summed E-state index contributed by atoms with van der Waals surface area (Å²) in [5, 5.41) is 4.31. The lowest BCUT2D eigenvalue weighted by molar-refractivity contribution is 0.366. The highest BCUT2D eigenvalue weighted by molar-refractivity contribution is 5.40. The average Bonchev–Trinajstić information content (AvgIpc) is 2.84. The van der Waals surface area contributed by atoms with E-state index in [1.165, 1.54) is 0 Å². The fourth-order valence-corrected chi connectivity index (χ4v) is 2.77. The Morgan fingerprint density at radius 1 is 1.20 bits per heavy atom. The van der Waals surface area contributed by atoms with Gasteiger partial charge in [-0.3, -0.25) is 4.68 Å². The van der Waals surface area contributed by atoms with E-state index < -0.39 is 0 Å². The molecule has 1 aliphatic heterocycles. The van der Waals surface area contributed by atoms with Crippen molar-refractivity contribution in [2.75, 3.05) is 23.7 Å². The van der Waals surface area contributed by atoms with Crippen LogP contribution in [0.3, 0.4) is 0 Å². The van der Waals surface area contributed by atoms with Gasteiger partial charge in [-0.1, -0.05) is 0 Å². The first-order valence-electron chi connectivity index (χ1n) is 7.00. The Morgan fingerprint density at radius 2 is 1.95 bits per heavy atom. The lowest BCUT2D eigenvalue weighted by Gasteiger charge is -2.33. The molecule has 2 aromatic rings. The van der Waals surface area contributed by atoms with Crippen molar-refractivity contribution in [3.8, 4) is 0 Å². The van der Waals surface area contributed by atoms with Crippen molar-refractivity contribution in [2.24, 2.45) is 0 Å². The van der Waals surface area contributed by atoms with Crippen LogP contribution in [-0.4, -0.2) is 32.8 Å². The molecule has 2 aromatic heterocycles. The molecule has 0 spiro atoms. The molecule has 0 atom stereocenters. The highest BCUT2D eigenvalue weighted by Gasteiger charge is 2.22. The molecule has 0 amide bonds. The summed E-state index contributed by atoms with van der Waals surface area (Å²) >= 11 is 0. The molecule has 6 nitrogen and oxygen atoms in total. The first kappa shape index (κ1) is 12.9. The topological polar surface area (TPSA) is 72.9 Å². The first-order valence-corrected chi connectivity index (χ1v) is 7.00. The monoisotopic (exact) mass is 272 g/mol. The molecule has 2 N–H and O–H groups in total. The van der Waals surface area contributed by atoms with E-state index >= 15 is 0 Å². The van der Waals surface area contributed by atoms with Crippen molar-refractivity contribution in [3.63, 3.8) is 0 Å². The van der Waals surface area contributed by atoms with E-state index in [4.69, 9.17) is 5.73 Å². The maximum absolute atomic E-state index is 5.68. The summed E-state index contributed by atoms with van der Waals surface area (Å²) in [4.78, 5) is 11.2. The molecule has 106 valence electrons. The van der Waals surface area contributed by atoms with Gasteiger partial charge < -0.3 is 10.6 Å². The van der Waals surface area contributed by atoms with E-state index in [-0.39, 0.29) is 0 Å². The molecule has 20 heavy (non-hydrogen) atoms. The number of anilines is 2. The predicted molar refractivity (Wildman–Crippen MR) is 78.6 cm³/mol. The number of aryl methyl sites for hydroxylation is 2. The molecule has 3 rings (SSSR count). The number of nitrogens with zero attached hydrogens (tertiary/aromatic N) is 5. The molecule has 0 unspecified atom stereocenters. The zero-order valence-corrected chi connectivity index (χ0v) is 12.0. The van der Waals surface area contributed by atoms with Crippen LogP contribution in [0.5, 0.6) is 0 Å². The van der Waals surface area contributed by atoms with Crippen molar-refractivity contribution in [1.82, 2.24) is 19.7 Å². The molecule has 0 aromatic carbocycles. The lowest BCUT2D eigenvalue weighted by atomic mass is 10.1. The van der Waals surface area contributed by atoms with Crippen LogP contribution in [0.1, 0.15) is 30.4 Å². The van der Waals surface area contributed by atoms with Crippen LogP contribution >= 0.6 is 0 Å². The number of nitrogens with two attached hydrogens (primary N) is 1. The number of aromatic nitrogens is 4. The number of piperidine rings is 1. The molecule has 3 heterocycles. The molecule has 0 aliphatic carbocycles. The summed E-state index contributed by atoms with van der Waals surface area (Å²) in [7, 11) is 0. The number of hydrogen-bond acceptors (Lipinski definition) is 5. The molecular weight excluding hydrogens is 252 g/mol. The Balaban J connectivity index is 1.69. The Labute approximate surface area is 118 Å². The summed E-state index contributed by atoms with van der Waals surface area (Å²) in [6.45, 7) is 5.92.